The van der Waals surface area contributed by atoms with Gasteiger partial charge in [-0.25, -0.2) is 0 Å². The van der Waals surface area contributed by atoms with Crippen LogP contribution in [-0.4, -0.2) is 52.9 Å². The number of rotatable bonds is 7. The van der Waals surface area contributed by atoms with Gasteiger partial charge in [-0.3, -0.25) is 9.59 Å². The minimum Gasteiger partial charge on any atom is -0.426 e. The normalized spacial score (nSPS) is 16.1. The lowest BCUT2D eigenvalue weighted by Gasteiger charge is -2.26. The molecule has 0 bridgehead atoms. The lowest BCUT2D eigenvalue weighted by Crippen LogP contribution is -2.48. The quantitative estimate of drug-likeness (QED) is 0.623. The molecule has 1 aliphatic heterocycles. The summed E-state index contributed by atoms with van der Waals surface area (Å²) in [5, 5.41) is 21.6. The van der Waals surface area contributed by atoms with Crippen molar-refractivity contribution in [3.8, 4) is 0 Å². The van der Waals surface area contributed by atoms with E-state index < -0.39 is 13.1 Å². The van der Waals surface area contributed by atoms with Gasteiger partial charge in [0.1, 0.15) is 0 Å². The second kappa shape index (κ2) is 8.69. The summed E-state index contributed by atoms with van der Waals surface area (Å²) in [6, 6.07) is 9.34. The summed E-state index contributed by atoms with van der Waals surface area (Å²) >= 11 is 0. The largest absolute Gasteiger partial charge is 0.475 e. The van der Waals surface area contributed by atoms with E-state index in [-0.39, 0.29) is 18.2 Å². The first kappa shape index (κ1) is 17.5. The van der Waals surface area contributed by atoms with Crippen LogP contribution in [0, 0.1) is 0 Å². The second-order valence-electron chi connectivity index (χ2n) is 5.87. The van der Waals surface area contributed by atoms with Crippen molar-refractivity contribution in [3.05, 3.63) is 35.9 Å². The average molecular weight is 318 g/mol. The third-order valence-corrected chi connectivity index (χ3v) is 4.03. The Kier molecular flexibility index (Phi) is 6.61. The molecule has 6 nitrogen and oxygen atoms in total. The molecule has 1 atom stereocenters. The number of nitrogens with one attached hydrogen (secondary N) is 1. The summed E-state index contributed by atoms with van der Waals surface area (Å²) in [5.41, 5.74) is 0.914. The minimum atomic E-state index is -1.63. The van der Waals surface area contributed by atoms with E-state index in [1.807, 2.05) is 30.3 Å². The number of hydrogen-bond donors (Lipinski definition) is 3. The van der Waals surface area contributed by atoms with E-state index in [1.165, 1.54) is 0 Å². The maximum Gasteiger partial charge on any atom is 0.475 e. The molecule has 1 unspecified atom stereocenters. The molecule has 1 fully saturated rings. The molecule has 0 saturated carbocycles. The number of piperidine rings is 1. The van der Waals surface area contributed by atoms with E-state index in [0.717, 1.165) is 18.4 Å². The van der Waals surface area contributed by atoms with Gasteiger partial charge in [-0.15, -0.1) is 0 Å². The number of benzene rings is 1. The molecule has 23 heavy (non-hydrogen) atoms. The minimum absolute atomic E-state index is 0.0899. The zero-order valence-electron chi connectivity index (χ0n) is 13.1. The first-order valence-electron chi connectivity index (χ1n) is 8.03. The first-order chi connectivity index (χ1) is 11.1. The van der Waals surface area contributed by atoms with Crippen molar-refractivity contribution >= 4 is 18.9 Å². The number of carbonyl (C=O) groups excluding carboxylic acids is 2. The first-order valence-corrected chi connectivity index (χ1v) is 8.03. The Labute approximate surface area is 136 Å². The number of nitrogens with zero attached hydrogens (tertiary/aromatic N) is 1. The van der Waals surface area contributed by atoms with Crippen LogP contribution in [0.4, 0.5) is 0 Å². The van der Waals surface area contributed by atoms with Crippen LogP contribution in [0.3, 0.4) is 0 Å². The van der Waals surface area contributed by atoms with Crippen LogP contribution in [0.15, 0.2) is 30.3 Å². The predicted octanol–water partition coefficient (Wildman–Crippen LogP) is 0.128. The van der Waals surface area contributed by atoms with Gasteiger partial charge in [0.2, 0.25) is 11.8 Å². The van der Waals surface area contributed by atoms with Gasteiger partial charge in [0.05, 0.1) is 5.94 Å². The summed E-state index contributed by atoms with van der Waals surface area (Å²) in [6.45, 7) is 1.08. The average Bonchev–Trinajstić information content (AvgIpc) is 2.54. The fraction of sp³-hybridized carbons (Fsp3) is 0.500. The summed E-state index contributed by atoms with van der Waals surface area (Å²) in [4.78, 5) is 25.4. The summed E-state index contributed by atoms with van der Waals surface area (Å²) in [6.07, 6.45) is 2.95. The molecule has 1 aromatic rings. The molecule has 0 radical (unpaired) electrons. The van der Waals surface area contributed by atoms with Crippen LogP contribution < -0.4 is 5.32 Å². The monoisotopic (exact) mass is 318 g/mol. The van der Waals surface area contributed by atoms with Crippen molar-refractivity contribution in [2.75, 3.05) is 13.1 Å². The fourth-order valence-corrected chi connectivity index (χ4v) is 2.71. The van der Waals surface area contributed by atoms with Crippen LogP contribution in [0.2, 0.25) is 0 Å². The highest BCUT2D eigenvalue weighted by molar-refractivity contribution is 6.43. The van der Waals surface area contributed by atoms with Crippen LogP contribution in [-0.2, 0) is 16.0 Å². The summed E-state index contributed by atoms with van der Waals surface area (Å²) in [7, 11) is -1.63. The molecule has 124 valence electrons. The molecule has 0 spiro atoms. The smallest absolute Gasteiger partial charge is 0.426 e. The standard InChI is InChI=1S/C16H23BN2O4/c20-15(9-11-19-10-5-4-8-16(19)21)18-14(17(22)23)12-13-6-2-1-3-7-13/h1-3,6-7,14,22-23H,4-5,8-12H2,(H,18,20). The second-order valence-corrected chi connectivity index (χ2v) is 5.87. The molecular weight excluding hydrogens is 295 g/mol. The van der Waals surface area contributed by atoms with Crippen molar-refractivity contribution in [2.45, 2.75) is 38.0 Å². The molecule has 7 heteroatoms. The van der Waals surface area contributed by atoms with Crippen molar-refractivity contribution in [3.63, 3.8) is 0 Å². The number of hydrogen-bond acceptors (Lipinski definition) is 4. The van der Waals surface area contributed by atoms with Crippen molar-refractivity contribution in [2.24, 2.45) is 0 Å². The Morgan fingerprint density at radius 2 is 2.00 bits per heavy atom. The van der Waals surface area contributed by atoms with Gasteiger partial charge in [0.25, 0.3) is 0 Å². The Morgan fingerprint density at radius 3 is 2.65 bits per heavy atom. The molecule has 1 heterocycles. The Hall–Kier alpha value is -1.86. The molecule has 2 amide bonds. The molecule has 0 aromatic heterocycles. The molecule has 0 aliphatic carbocycles. The number of carbonyl (C=O) groups is 2. The lowest BCUT2D eigenvalue weighted by atomic mass is 9.76. The molecule has 1 aromatic carbocycles. The van der Waals surface area contributed by atoms with Crippen molar-refractivity contribution in [1.82, 2.24) is 10.2 Å². The molecule has 1 aliphatic rings. The van der Waals surface area contributed by atoms with Crippen molar-refractivity contribution < 1.29 is 19.6 Å². The Morgan fingerprint density at radius 1 is 1.26 bits per heavy atom. The fourth-order valence-electron chi connectivity index (χ4n) is 2.71. The Bertz CT molecular complexity index is 524. The van der Waals surface area contributed by atoms with Gasteiger partial charge in [-0.1, -0.05) is 30.3 Å². The molecular formula is C16H23BN2O4. The van der Waals surface area contributed by atoms with E-state index in [2.05, 4.69) is 5.32 Å². The third-order valence-electron chi connectivity index (χ3n) is 4.03. The van der Waals surface area contributed by atoms with E-state index in [0.29, 0.717) is 25.9 Å². The van der Waals surface area contributed by atoms with Gasteiger partial charge in [-0.2, -0.15) is 0 Å². The summed E-state index contributed by atoms with van der Waals surface area (Å²) in [5.74, 6) is -0.952. The highest BCUT2D eigenvalue weighted by Gasteiger charge is 2.26. The van der Waals surface area contributed by atoms with E-state index in [4.69, 9.17) is 0 Å². The Balaban J connectivity index is 1.82. The molecule has 3 N–H and O–H groups in total. The summed E-state index contributed by atoms with van der Waals surface area (Å²) < 4.78 is 0. The predicted molar refractivity (Wildman–Crippen MR) is 87.3 cm³/mol. The topological polar surface area (TPSA) is 89.9 Å². The SMILES string of the molecule is O=C(CCN1CCCCC1=O)NC(Cc1ccccc1)B(O)O. The molecule has 1 saturated heterocycles. The highest BCUT2D eigenvalue weighted by Crippen LogP contribution is 2.11. The maximum atomic E-state index is 12.0. The van der Waals surface area contributed by atoms with E-state index >= 15 is 0 Å². The van der Waals surface area contributed by atoms with Gasteiger partial charge in [0.15, 0.2) is 0 Å². The molecule has 2 rings (SSSR count). The van der Waals surface area contributed by atoms with E-state index in [9.17, 15) is 19.6 Å². The zero-order valence-corrected chi connectivity index (χ0v) is 13.1. The van der Waals surface area contributed by atoms with Gasteiger partial charge in [0, 0.05) is 25.9 Å². The van der Waals surface area contributed by atoms with Gasteiger partial charge in [-0.05, 0) is 24.8 Å². The van der Waals surface area contributed by atoms with Gasteiger partial charge < -0.3 is 20.3 Å². The third kappa shape index (κ3) is 5.69. The number of likely N-dealkylation sites (tertiary alicyclic amines) is 1. The van der Waals surface area contributed by atoms with Crippen LogP contribution in [0.25, 0.3) is 0 Å². The van der Waals surface area contributed by atoms with Crippen LogP contribution in [0.1, 0.15) is 31.2 Å². The van der Waals surface area contributed by atoms with Gasteiger partial charge >= 0.3 is 7.12 Å². The van der Waals surface area contributed by atoms with Crippen molar-refractivity contribution in [1.29, 1.82) is 0 Å². The lowest BCUT2D eigenvalue weighted by molar-refractivity contribution is -0.133. The maximum absolute atomic E-state index is 12.0. The van der Waals surface area contributed by atoms with E-state index in [1.54, 1.807) is 4.90 Å². The highest BCUT2D eigenvalue weighted by atomic mass is 16.4. The van der Waals surface area contributed by atoms with Crippen LogP contribution >= 0.6 is 0 Å². The zero-order chi connectivity index (χ0) is 16.7. The number of amides is 2. The van der Waals surface area contributed by atoms with Crippen LogP contribution in [0.5, 0.6) is 0 Å².